The van der Waals surface area contributed by atoms with Crippen molar-refractivity contribution in [2.24, 2.45) is 0 Å². The van der Waals surface area contributed by atoms with E-state index in [0.29, 0.717) is 26.1 Å². The lowest BCUT2D eigenvalue weighted by Gasteiger charge is -2.31. The van der Waals surface area contributed by atoms with Crippen LogP contribution in [0.5, 0.6) is 5.88 Å². The van der Waals surface area contributed by atoms with Gasteiger partial charge < -0.3 is 20.1 Å². The maximum atomic E-state index is 12.4. The second kappa shape index (κ2) is 6.82. The van der Waals surface area contributed by atoms with Gasteiger partial charge in [0.1, 0.15) is 0 Å². The highest BCUT2D eigenvalue weighted by atomic mass is 19.4. The van der Waals surface area contributed by atoms with Gasteiger partial charge in [-0.1, -0.05) is 0 Å². The molecule has 0 aliphatic carbocycles. The SMILES string of the molecule is O=C(O)N1CCNC(CCOc2ccc(C(F)(F)F)cn2)C1. The maximum Gasteiger partial charge on any atom is 0.417 e. The van der Waals surface area contributed by atoms with Crippen LogP contribution in [0, 0.1) is 0 Å². The zero-order valence-corrected chi connectivity index (χ0v) is 11.6. The summed E-state index contributed by atoms with van der Waals surface area (Å²) in [6, 6.07) is 2.04. The highest BCUT2D eigenvalue weighted by Crippen LogP contribution is 2.29. The number of aromatic nitrogens is 1. The number of carbonyl (C=O) groups is 1. The minimum Gasteiger partial charge on any atom is -0.478 e. The van der Waals surface area contributed by atoms with E-state index in [1.807, 2.05) is 0 Å². The monoisotopic (exact) mass is 319 g/mol. The van der Waals surface area contributed by atoms with Gasteiger partial charge in [0.15, 0.2) is 0 Å². The first-order chi connectivity index (χ1) is 10.4. The molecule has 0 radical (unpaired) electrons. The van der Waals surface area contributed by atoms with Crippen molar-refractivity contribution in [1.82, 2.24) is 15.2 Å². The maximum absolute atomic E-state index is 12.4. The molecule has 22 heavy (non-hydrogen) atoms. The van der Waals surface area contributed by atoms with Gasteiger partial charge in [-0.05, 0) is 12.5 Å². The predicted octanol–water partition coefficient (Wildman–Crippen LogP) is 1.82. The number of halogens is 3. The van der Waals surface area contributed by atoms with Crippen molar-refractivity contribution in [2.45, 2.75) is 18.6 Å². The molecule has 0 aromatic carbocycles. The molecule has 1 atom stereocenters. The van der Waals surface area contributed by atoms with Crippen LogP contribution in [-0.4, -0.2) is 53.4 Å². The van der Waals surface area contributed by atoms with Gasteiger partial charge in [-0.3, -0.25) is 0 Å². The number of alkyl halides is 3. The van der Waals surface area contributed by atoms with Gasteiger partial charge in [-0.25, -0.2) is 9.78 Å². The van der Waals surface area contributed by atoms with Gasteiger partial charge in [0, 0.05) is 37.9 Å². The van der Waals surface area contributed by atoms with Crippen LogP contribution >= 0.6 is 0 Å². The Balaban J connectivity index is 1.78. The molecular weight excluding hydrogens is 303 g/mol. The third kappa shape index (κ3) is 4.48. The summed E-state index contributed by atoms with van der Waals surface area (Å²) in [6.45, 7) is 1.60. The number of amides is 1. The van der Waals surface area contributed by atoms with Crippen molar-refractivity contribution in [3.05, 3.63) is 23.9 Å². The molecule has 1 unspecified atom stereocenters. The lowest BCUT2D eigenvalue weighted by atomic mass is 10.1. The van der Waals surface area contributed by atoms with Gasteiger partial charge in [-0.2, -0.15) is 13.2 Å². The van der Waals surface area contributed by atoms with Crippen molar-refractivity contribution < 1.29 is 27.8 Å². The minimum absolute atomic E-state index is 0.0423. The number of rotatable bonds is 4. The number of carboxylic acid groups (broad SMARTS) is 1. The molecule has 2 rings (SSSR count). The molecule has 0 spiro atoms. The molecule has 1 aliphatic rings. The molecule has 1 saturated heterocycles. The summed E-state index contributed by atoms with van der Waals surface area (Å²) in [5.74, 6) is 0.110. The largest absolute Gasteiger partial charge is 0.478 e. The van der Waals surface area contributed by atoms with E-state index in [4.69, 9.17) is 9.84 Å². The first kappa shape index (κ1) is 16.3. The van der Waals surface area contributed by atoms with Gasteiger partial charge in [0.25, 0.3) is 0 Å². The molecule has 1 aromatic rings. The van der Waals surface area contributed by atoms with Gasteiger partial charge >= 0.3 is 12.3 Å². The van der Waals surface area contributed by atoms with Crippen LogP contribution in [0.4, 0.5) is 18.0 Å². The Bertz CT molecular complexity index is 507. The molecule has 1 fully saturated rings. The van der Waals surface area contributed by atoms with Crippen molar-refractivity contribution in [3.8, 4) is 5.88 Å². The normalized spacial score (nSPS) is 19.0. The molecule has 0 bridgehead atoms. The number of pyridine rings is 1. The Hall–Kier alpha value is -2.03. The summed E-state index contributed by atoms with van der Waals surface area (Å²) in [4.78, 5) is 15.8. The number of ether oxygens (including phenoxy) is 1. The highest BCUT2D eigenvalue weighted by Gasteiger charge is 2.30. The molecule has 1 aliphatic heterocycles. The molecule has 2 N–H and O–H groups in total. The van der Waals surface area contributed by atoms with Crippen molar-refractivity contribution in [1.29, 1.82) is 0 Å². The van der Waals surface area contributed by atoms with Gasteiger partial charge in [0.2, 0.25) is 5.88 Å². The van der Waals surface area contributed by atoms with Crippen molar-refractivity contribution in [2.75, 3.05) is 26.2 Å². The quantitative estimate of drug-likeness (QED) is 0.885. The van der Waals surface area contributed by atoms with E-state index in [9.17, 15) is 18.0 Å². The van der Waals surface area contributed by atoms with Crippen LogP contribution in [0.3, 0.4) is 0 Å². The fourth-order valence-corrected chi connectivity index (χ4v) is 2.13. The van der Waals surface area contributed by atoms with E-state index in [0.717, 1.165) is 12.3 Å². The number of nitrogens with one attached hydrogen (secondary N) is 1. The first-order valence-electron chi connectivity index (χ1n) is 6.73. The molecule has 2 heterocycles. The molecular formula is C13H16F3N3O3. The minimum atomic E-state index is -4.42. The second-order valence-electron chi connectivity index (χ2n) is 4.90. The van der Waals surface area contributed by atoms with Crippen LogP contribution in [0.2, 0.25) is 0 Å². The Kier molecular flexibility index (Phi) is 5.07. The molecule has 9 heteroatoms. The average molecular weight is 319 g/mol. The standard InChI is InChI=1S/C13H16F3N3O3/c14-13(15,16)9-1-2-11(18-7-9)22-6-3-10-8-19(12(20)21)5-4-17-10/h1-2,7,10,17H,3-6,8H2,(H,20,21). The zero-order valence-electron chi connectivity index (χ0n) is 11.6. The summed E-state index contributed by atoms with van der Waals surface area (Å²) in [5.41, 5.74) is -0.828. The molecule has 1 aromatic heterocycles. The third-order valence-electron chi connectivity index (χ3n) is 3.31. The first-order valence-corrected chi connectivity index (χ1v) is 6.73. The summed E-state index contributed by atoms with van der Waals surface area (Å²) in [7, 11) is 0. The van der Waals surface area contributed by atoms with Gasteiger partial charge in [0.05, 0.1) is 12.2 Å². The summed E-state index contributed by atoms with van der Waals surface area (Å²) in [5, 5.41) is 12.1. The van der Waals surface area contributed by atoms with Crippen LogP contribution in [0.1, 0.15) is 12.0 Å². The van der Waals surface area contributed by atoms with Gasteiger partial charge in [-0.15, -0.1) is 0 Å². The highest BCUT2D eigenvalue weighted by molar-refractivity contribution is 5.65. The van der Waals surface area contributed by atoms with Crippen LogP contribution in [0.25, 0.3) is 0 Å². The molecule has 6 nitrogen and oxygen atoms in total. The topological polar surface area (TPSA) is 74.7 Å². The lowest BCUT2D eigenvalue weighted by Crippen LogP contribution is -2.52. The number of piperazine rings is 1. The van der Waals surface area contributed by atoms with E-state index in [-0.39, 0.29) is 18.5 Å². The fourth-order valence-electron chi connectivity index (χ4n) is 2.13. The fraction of sp³-hybridized carbons (Fsp3) is 0.538. The van der Waals surface area contributed by atoms with Crippen molar-refractivity contribution in [3.63, 3.8) is 0 Å². The lowest BCUT2D eigenvalue weighted by molar-refractivity contribution is -0.137. The smallest absolute Gasteiger partial charge is 0.417 e. The Morgan fingerprint density at radius 2 is 2.27 bits per heavy atom. The molecule has 122 valence electrons. The van der Waals surface area contributed by atoms with Crippen LogP contribution in [-0.2, 0) is 6.18 Å². The van der Waals surface area contributed by atoms with Crippen LogP contribution < -0.4 is 10.1 Å². The Morgan fingerprint density at radius 1 is 1.50 bits per heavy atom. The Labute approximate surface area is 124 Å². The van der Waals surface area contributed by atoms with E-state index in [2.05, 4.69) is 10.3 Å². The van der Waals surface area contributed by atoms with E-state index in [1.54, 1.807) is 0 Å². The average Bonchev–Trinajstić information content (AvgIpc) is 2.47. The summed E-state index contributed by atoms with van der Waals surface area (Å²) >= 11 is 0. The Morgan fingerprint density at radius 3 is 2.86 bits per heavy atom. The summed E-state index contributed by atoms with van der Waals surface area (Å²) in [6.07, 6.45) is -4.12. The zero-order chi connectivity index (χ0) is 16.2. The van der Waals surface area contributed by atoms with E-state index < -0.39 is 17.8 Å². The third-order valence-corrected chi connectivity index (χ3v) is 3.31. The number of nitrogens with zero attached hydrogens (tertiary/aromatic N) is 2. The number of hydrogen-bond donors (Lipinski definition) is 2. The van der Waals surface area contributed by atoms with E-state index in [1.165, 1.54) is 11.0 Å². The second-order valence-corrected chi connectivity index (χ2v) is 4.90. The molecule has 0 saturated carbocycles. The van der Waals surface area contributed by atoms with Crippen molar-refractivity contribution >= 4 is 6.09 Å². The van der Waals surface area contributed by atoms with E-state index >= 15 is 0 Å². The molecule has 1 amide bonds. The summed E-state index contributed by atoms with van der Waals surface area (Å²) < 4.78 is 42.4. The predicted molar refractivity (Wildman–Crippen MR) is 70.7 cm³/mol. The number of hydrogen-bond acceptors (Lipinski definition) is 4. The van der Waals surface area contributed by atoms with Crippen LogP contribution in [0.15, 0.2) is 18.3 Å².